The van der Waals surface area contributed by atoms with Gasteiger partial charge in [-0.25, -0.2) is 4.98 Å². The van der Waals surface area contributed by atoms with Gasteiger partial charge in [-0.3, -0.25) is 4.79 Å². The highest BCUT2D eigenvalue weighted by Gasteiger charge is 2.32. The lowest BCUT2D eigenvalue weighted by molar-refractivity contribution is -0.149. The molecule has 0 unspecified atom stereocenters. The van der Waals surface area contributed by atoms with Gasteiger partial charge < -0.3 is 14.4 Å². The Bertz CT molecular complexity index is 936. The molecule has 0 bridgehead atoms. The molecule has 1 aromatic heterocycles. The third-order valence-corrected chi connectivity index (χ3v) is 5.60. The summed E-state index contributed by atoms with van der Waals surface area (Å²) in [4.78, 5) is 18.8. The van der Waals surface area contributed by atoms with Crippen LogP contribution in [-0.4, -0.2) is 37.3 Å². The van der Waals surface area contributed by atoms with E-state index in [1.807, 2.05) is 30.3 Å². The average Bonchev–Trinajstić information content (AvgIpc) is 3.03. The molecule has 26 heavy (non-hydrogen) atoms. The van der Waals surface area contributed by atoms with Gasteiger partial charge in [0, 0.05) is 5.02 Å². The van der Waals surface area contributed by atoms with Crippen molar-refractivity contribution in [2.45, 2.75) is 12.5 Å². The molecule has 1 fully saturated rings. The van der Waals surface area contributed by atoms with E-state index in [4.69, 9.17) is 21.1 Å². The maximum atomic E-state index is 12.1. The van der Waals surface area contributed by atoms with Crippen LogP contribution in [0, 0.1) is 0 Å². The number of methoxy groups -OCH3 is 1. The zero-order valence-electron chi connectivity index (χ0n) is 14.1. The number of halogens is 1. The second-order valence-corrected chi connectivity index (χ2v) is 7.57. The van der Waals surface area contributed by atoms with Crippen molar-refractivity contribution in [2.75, 3.05) is 25.1 Å². The Morgan fingerprint density at radius 2 is 2.04 bits per heavy atom. The van der Waals surface area contributed by atoms with Crippen molar-refractivity contribution >= 4 is 44.3 Å². The lowest BCUT2D eigenvalue weighted by Crippen LogP contribution is -2.53. The first-order valence-electron chi connectivity index (χ1n) is 8.25. The van der Waals surface area contributed by atoms with E-state index in [1.165, 1.54) is 0 Å². The zero-order chi connectivity index (χ0) is 18.1. The average molecular weight is 389 g/mol. The number of benzene rings is 2. The molecule has 0 saturated carbocycles. The van der Waals surface area contributed by atoms with Gasteiger partial charge in [0.25, 0.3) is 0 Å². The van der Waals surface area contributed by atoms with E-state index in [0.29, 0.717) is 18.1 Å². The van der Waals surface area contributed by atoms with Crippen LogP contribution < -0.4 is 9.64 Å². The first kappa shape index (κ1) is 17.1. The zero-order valence-corrected chi connectivity index (χ0v) is 15.7. The Hall–Kier alpha value is -2.31. The normalized spacial score (nSPS) is 14.3. The molecule has 0 spiro atoms. The summed E-state index contributed by atoms with van der Waals surface area (Å²) in [6.07, 6.45) is 0.162. The number of hydrogen-bond acceptors (Lipinski definition) is 6. The first-order valence-corrected chi connectivity index (χ1v) is 9.44. The van der Waals surface area contributed by atoms with Crippen molar-refractivity contribution in [2.24, 2.45) is 0 Å². The number of aromatic nitrogens is 1. The third-order valence-electron chi connectivity index (χ3n) is 4.27. The molecule has 1 saturated heterocycles. The summed E-state index contributed by atoms with van der Waals surface area (Å²) in [6.45, 7) is 1.32. The van der Waals surface area contributed by atoms with Crippen LogP contribution in [-0.2, 0) is 16.0 Å². The largest absolute Gasteiger partial charge is 0.494 e. The molecule has 134 valence electrons. The minimum absolute atomic E-state index is 0.0938. The number of rotatable bonds is 5. The quantitative estimate of drug-likeness (QED) is 0.620. The number of para-hydroxylation sites is 1. The topological polar surface area (TPSA) is 51.7 Å². The summed E-state index contributed by atoms with van der Waals surface area (Å²) in [5.74, 6) is 0.555. The second-order valence-electron chi connectivity index (χ2n) is 6.12. The number of anilines is 1. The highest BCUT2D eigenvalue weighted by Crippen LogP contribution is 2.35. The Balaban J connectivity index is 1.34. The number of esters is 1. The van der Waals surface area contributed by atoms with Crippen LogP contribution in [0.4, 0.5) is 5.13 Å². The van der Waals surface area contributed by atoms with Gasteiger partial charge in [-0.2, -0.15) is 0 Å². The van der Waals surface area contributed by atoms with Gasteiger partial charge >= 0.3 is 5.97 Å². The molecule has 0 amide bonds. The Labute approximate surface area is 160 Å². The molecule has 0 radical (unpaired) electrons. The van der Waals surface area contributed by atoms with E-state index in [9.17, 15) is 4.79 Å². The van der Waals surface area contributed by atoms with Crippen molar-refractivity contribution in [1.82, 2.24) is 4.98 Å². The standard InChI is InChI=1S/C19H17ClN2O3S/c1-24-15-3-2-4-16-18(15)21-19(26-16)22-10-14(11-22)25-17(23)9-12-5-7-13(20)8-6-12/h2-8,14H,9-11H2,1H3. The third kappa shape index (κ3) is 3.48. The minimum atomic E-state index is -0.219. The molecule has 1 aliphatic rings. The lowest BCUT2D eigenvalue weighted by Gasteiger charge is -2.38. The van der Waals surface area contributed by atoms with Crippen molar-refractivity contribution in [3.05, 3.63) is 53.1 Å². The smallest absolute Gasteiger partial charge is 0.310 e. The summed E-state index contributed by atoms with van der Waals surface area (Å²) < 4.78 is 12.0. The molecule has 5 nitrogen and oxygen atoms in total. The second kappa shape index (κ2) is 7.13. The minimum Gasteiger partial charge on any atom is -0.494 e. The summed E-state index contributed by atoms with van der Waals surface area (Å²) in [6, 6.07) is 13.1. The fraction of sp³-hybridized carbons (Fsp3) is 0.263. The van der Waals surface area contributed by atoms with Gasteiger partial charge in [0.05, 0.1) is 31.3 Å². The van der Waals surface area contributed by atoms with Gasteiger partial charge in [-0.15, -0.1) is 0 Å². The van der Waals surface area contributed by atoms with E-state index in [0.717, 1.165) is 26.7 Å². The Morgan fingerprint density at radius 3 is 2.77 bits per heavy atom. The van der Waals surface area contributed by atoms with E-state index < -0.39 is 0 Å². The number of ether oxygens (including phenoxy) is 2. The SMILES string of the molecule is COc1cccc2sc(N3CC(OC(=O)Cc4ccc(Cl)cc4)C3)nc12. The molecular weight excluding hydrogens is 372 g/mol. The van der Waals surface area contributed by atoms with E-state index in [1.54, 1.807) is 30.6 Å². The fourth-order valence-corrected chi connectivity index (χ4v) is 4.00. The fourth-order valence-electron chi connectivity index (χ4n) is 2.88. The van der Waals surface area contributed by atoms with Crippen LogP contribution in [0.3, 0.4) is 0 Å². The predicted molar refractivity (Wildman–Crippen MR) is 103 cm³/mol. The molecule has 2 heterocycles. The Kier molecular flexibility index (Phi) is 4.70. The van der Waals surface area contributed by atoms with Crippen LogP contribution in [0.15, 0.2) is 42.5 Å². The highest BCUT2D eigenvalue weighted by atomic mass is 35.5. The van der Waals surface area contributed by atoms with Crippen molar-refractivity contribution < 1.29 is 14.3 Å². The van der Waals surface area contributed by atoms with Crippen LogP contribution in [0.5, 0.6) is 5.75 Å². The van der Waals surface area contributed by atoms with Crippen LogP contribution in [0.2, 0.25) is 5.02 Å². The monoisotopic (exact) mass is 388 g/mol. The molecule has 2 aromatic carbocycles. The molecule has 0 aliphatic carbocycles. The maximum absolute atomic E-state index is 12.1. The van der Waals surface area contributed by atoms with E-state index in [-0.39, 0.29) is 18.5 Å². The first-order chi connectivity index (χ1) is 12.6. The van der Waals surface area contributed by atoms with Crippen molar-refractivity contribution in [3.63, 3.8) is 0 Å². The van der Waals surface area contributed by atoms with E-state index in [2.05, 4.69) is 9.88 Å². The number of thiazole rings is 1. The van der Waals surface area contributed by atoms with Crippen LogP contribution in [0.25, 0.3) is 10.2 Å². The molecule has 1 aliphatic heterocycles. The molecule has 0 atom stereocenters. The lowest BCUT2D eigenvalue weighted by atomic mass is 10.1. The number of carbonyl (C=O) groups excluding carboxylic acids is 1. The molecule has 4 rings (SSSR count). The van der Waals surface area contributed by atoms with E-state index >= 15 is 0 Å². The predicted octanol–water partition coefficient (Wildman–Crippen LogP) is 3.93. The number of nitrogens with zero attached hydrogens (tertiary/aromatic N) is 2. The van der Waals surface area contributed by atoms with Crippen molar-refractivity contribution in [1.29, 1.82) is 0 Å². The van der Waals surface area contributed by atoms with Crippen LogP contribution in [0.1, 0.15) is 5.56 Å². The van der Waals surface area contributed by atoms with Gasteiger partial charge in [0.2, 0.25) is 0 Å². The number of hydrogen-bond donors (Lipinski definition) is 0. The number of fused-ring (bicyclic) bond motifs is 1. The van der Waals surface area contributed by atoms with Gasteiger partial charge in [-0.1, -0.05) is 41.1 Å². The molecule has 0 N–H and O–H groups in total. The van der Waals surface area contributed by atoms with Gasteiger partial charge in [0.15, 0.2) is 5.13 Å². The van der Waals surface area contributed by atoms with Gasteiger partial charge in [0.1, 0.15) is 17.4 Å². The molecular formula is C19H17ClN2O3S. The molecule has 3 aromatic rings. The summed E-state index contributed by atoms with van der Waals surface area (Å²) in [7, 11) is 1.65. The number of carbonyl (C=O) groups is 1. The van der Waals surface area contributed by atoms with Crippen LogP contribution >= 0.6 is 22.9 Å². The van der Waals surface area contributed by atoms with Gasteiger partial charge in [-0.05, 0) is 29.8 Å². The highest BCUT2D eigenvalue weighted by molar-refractivity contribution is 7.22. The molecule has 7 heteroatoms. The summed E-state index contributed by atoms with van der Waals surface area (Å²) in [5, 5.41) is 1.58. The summed E-state index contributed by atoms with van der Waals surface area (Å²) >= 11 is 7.47. The Morgan fingerprint density at radius 1 is 1.27 bits per heavy atom. The van der Waals surface area contributed by atoms with Crippen molar-refractivity contribution in [3.8, 4) is 5.75 Å². The summed E-state index contributed by atoms with van der Waals surface area (Å²) in [5.41, 5.74) is 1.77. The maximum Gasteiger partial charge on any atom is 0.310 e.